The number of aliphatic hydroxyl groups excluding tert-OH is 1. The van der Waals surface area contributed by atoms with Gasteiger partial charge in [-0.15, -0.1) is 0 Å². The Bertz CT molecular complexity index is 277. The van der Waals surface area contributed by atoms with E-state index in [2.05, 4.69) is 24.4 Å². The van der Waals surface area contributed by atoms with Gasteiger partial charge in [-0.1, -0.05) is 64.0 Å². The third-order valence-corrected chi connectivity index (χ3v) is 4.02. The van der Waals surface area contributed by atoms with Gasteiger partial charge in [-0.25, -0.2) is 0 Å². The number of unbranched alkanes of at least 4 members (excludes halogenated alkanes) is 8. The maximum absolute atomic E-state index is 11.0. The highest BCUT2D eigenvalue weighted by Gasteiger charge is 2.00. The minimum atomic E-state index is -0.155. The number of amides is 1. The zero-order valence-electron chi connectivity index (χ0n) is 14.8. The number of rotatable bonds is 15. The van der Waals surface area contributed by atoms with Crippen molar-refractivity contribution < 1.29 is 9.90 Å². The molecule has 0 bridgehead atoms. The first kappa shape index (κ1) is 21.2. The second kappa shape index (κ2) is 16.5. The number of carbonyl (C=O) groups excluding carboxylic acids is 1. The molecule has 2 N–H and O–H groups in total. The summed E-state index contributed by atoms with van der Waals surface area (Å²) in [5.74, 6) is 0.149. The molecule has 1 atom stereocenters. The van der Waals surface area contributed by atoms with Gasteiger partial charge in [0.05, 0.1) is 6.10 Å². The van der Waals surface area contributed by atoms with Crippen LogP contribution in [-0.4, -0.2) is 24.2 Å². The molecule has 22 heavy (non-hydrogen) atoms. The first-order chi connectivity index (χ1) is 10.7. The van der Waals surface area contributed by atoms with Crippen molar-refractivity contribution >= 4 is 5.91 Å². The summed E-state index contributed by atoms with van der Waals surface area (Å²) >= 11 is 0. The van der Waals surface area contributed by atoms with Crippen LogP contribution in [0.3, 0.4) is 0 Å². The first-order valence-corrected chi connectivity index (χ1v) is 9.24. The maximum atomic E-state index is 11.0. The summed E-state index contributed by atoms with van der Waals surface area (Å²) in [6, 6.07) is 0. The molecule has 0 saturated heterocycles. The standard InChI is InChI=1S/C19H37NO2/c1-3-4-5-12-15-18(21)16-13-10-8-6-7-9-11-14-17-19(22)20-2/h10,13,18,21H,3-9,11-12,14-17H2,1-2H3,(H,20,22)/t18-/m1/s1. The Morgan fingerprint density at radius 1 is 1.00 bits per heavy atom. The zero-order valence-corrected chi connectivity index (χ0v) is 14.8. The molecule has 0 aliphatic heterocycles. The molecule has 130 valence electrons. The van der Waals surface area contributed by atoms with Crippen LogP contribution in [0.2, 0.25) is 0 Å². The van der Waals surface area contributed by atoms with E-state index in [9.17, 15) is 9.90 Å². The van der Waals surface area contributed by atoms with Gasteiger partial charge in [0.1, 0.15) is 0 Å². The molecule has 0 aromatic carbocycles. The summed E-state index contributed by atoms with van der Waals surface area (Å²) in [5.41, 5.74) is 0. The van der Waals surface area contributed by atoms with E-state index in [0.29, 0.717) is 6.42 Å². The summed E-state index contributed by atoms with van der Waals surface area (Å²) in [5, 5.41) is 12.5. The molecule has 0 spiro atoms. The van der Waals surface area contributed by atoms with Crippen molar-refractivity contribution in [2.24, 2.45) is 0 Å². The number of nitrogens with one attached hydrogen (secondary N) is 1. The van der Waals surface area contributed by atoms with E-state index < -0.39 is 0 Å². The van der Waals surface area contributed by atoms with Crippen LogP contribution >= 0.6 is 0 Å². The molecule has 0 saturated carbocycles. The molecule has 3 nitrogen and oxygen atoms in total. The summed E-state index contributed by atoms with van der Waals surface area (Å²) in [6.45, 7) is 2.21. The zero-order chi connectivity index (χ0) is 16.5. The second-order valence-electron chi connectivity index (χ2n) is 6.19. The van der Waals surface area contributed by atoms with Crippen LogP contribution in [0.5, 0.6) is 0 Å². The highest BCUT2D eigenvalue weighted by Crippen LogP contribution is 2.10. The topological polar surface area (TPSA) is 49.3 Å². The van der Waals surface area contributed by atoms with Gasteiger partial charge >= 0.3 is 0 Å². The third-order valence-electron chi connectivity index (χ3n) is 4.02. The minimum Gasteiger partial charge on any atom is -0.393 e. The van der Waals surface area contributed by atoms with Crippen LogP contribution in [0.15, 0.2) is 12.2 Å². The van der Waals surface area contributed by atoms with Crippen molar-refractivity contribution in [2.45, 2.75) is 96.5 Å². The monoisotopic (exact) mass is 311 g/mol. The Morgan fingerprint density at radius 3 is 2.41 bits per heavy atom. The van der Waals surface area contributed by atoms with E-state index in [1.807, 2.05) is 0 Å². The average Bonchev–Trinajstić information content (AvgIpc) is 2.53. The number of carbonyl (C=O) groups is 1. The lowest BCUT2D eigenvalue weighted by atomic mass is 10.1. The maximum Gasteiger partial charge on any atom is 0.219 e. The molecule has 3 heteroatoms. The van der Waals surface area contributed by atoms with Crippen LogP contribution < -0.4 is 5.32 Å². The fourth-order valence-electron chi connectivity index (χ4n) is 2.50. The summed E-state index contributed by atoms with van der Waals surface area (Å²) < 4.78 is 0. The van der Waals surface area contributed by atoms with Gasteiger partial charge in [0, 0.05) is 13.5 Å². The first-order valence-electron chi connectivity index (χ1n) is 9.24. The van der Waals surface area contributed by atoms with E-state index in [1.54, 1.807) is 7.05 Å². The van der Waals surface area contributed by atoms with Crippen molar-refractivity contribution in [3.63, 3.8) is 0 Å². The highest BCUT2D eigenvalue weighted by atomic mass is 16.3. The van der Waals surface area contributed by atoms with Crippen molar-refractivity contribution in [3.05, 3.63) is 12.2 Å². The summed E-state index contributed by atoms with van der Waals surface area (Å²) in [7, 11) is 1.69. The molecule has 0 fully saturated rings. The molecular weight excluding hydrogens is 274 g/mol. The van der Waals surface area contributed by atoms with Crippen LogP contribution in [0.25, 0.3) is 0 Å². The summed E-state index contributed by atoms with van der Waals surface area (Å²) in [4.78, 5) is 11.0. The van der Waals surface area contributed by atoms with E-state index in [4.69, 9.17) is 0 Å². The number of aliphatic hydroxyl groups is 1. The lowest BCUT2D eigenvalue weighted by Crippen LogP contribution is -2.16. The van der Waals surface area contributed by atoms with E-state index in [1.165, 1.54) is 38.5 Å². The molecule has 0 aromatic heterocycles. The van der Waals surface area contributed by atoms with Gasteiger partial charge in [-0.3, -0.25) is 4.79 Å². The van der Waals surface area contributed by atoms with Gasteiger partial charge in [0.15, 0.2) is 0 Å². The fourth-order valence-corrected chi connectivity index (χ4v) is 2.50. The molecule has 0 aromatic rings. The molecule has 1 amide bonds. The average molecular weight is 312 g/mol. The molecule has 0 unspecified atom stereocenters. The molecule has 0 radical (unpaired) electrons. The van der Waals surface area contributed by atoms with Crippen LogP contribution in [0.4, 0.5) is 0 Å². The van der Waals surface area contributed by atoms with Crippen LogP contribution in [0.1, 0.15) is 90.4 Å². The van der Waals surface area contributed by atoms with Gasteiger partial charge in [0.25, 0.3) is 0 Å². The molecule has 0 aliphatic carbocycles. The Labute approximate surface area is 137 Å². The third kappa shape index (κ3) is 15.6. The van der Waals surface area contributed by atoms with Gasteiger partial charge < -0.3 is 10.4 Å². The normalized spacial score (nSPS) is 12.7. The Kier molecular flexibility index (Phi) is 15.9. The predicted octanol–water partition coefficient (Wildman–Crippen LogP) is 4.74. The van der Waals surface area contributed by atoms with Crippen molar-refractivity contribution in [3.8, 4) is 0 Å². The van der Waals surface area contributed by atoms with Crippen molar-refractivity contribution in [2.75, 3.05) is 7.05 Å². The Hall–Kier alpha value is -0.830. The lowest BCUT2D eigenvalue weighted by molar-refractivity contribution is -0.120. The Morgan fingerprint density at radius 2 is 1.68 bits per heavy atom. The number of hydrogen-bond acceptors (Lipinski definition) is 2. The largest absolute Gasteiger partial charge is 0.393 e. The molecule has 0 heterocycles. The SMILES string of the molecule is CCCCCC[C@@H](O)CC=CCCCCCCCC(=O)NC. The Balaban J connectivity index is 3.28. The quantitative estimate of drug-likeness (QED) is 0.339. The van der Waals surface area contributed by atoms with E-state index >= 15 is 0 Å². The molecular formula is C19H37NO2. The van der Waals surface area contributed by atoms with Crippen molar-refractivity contribution in [1.29, 1.82) is 0 Å². The lowest BCUT2D eigenvalue weighted by Gasteiger charge is -2.07. The second-order valence-corrected chi connectivity index (χ2v) is 6.19. The smallest absolute Gasteiger partial charge is 0.219 e. The van der Waals surface area contributed by atoms with Gasteiger partial charge in [-0.05, 0) is 32.1 Å². The van der Waals surface area contributed by atoms with Crippen LogP contribution in [-0.2, 0) is 4.79 Å². The van der Waals surface area contributed by atoms with Crippen LogP contribution in [0, 0.1) is 0 Å². The van der Waals surface area contributed by atoms with Gasteiger partial charge in [0.2, 0.25) is 5.91 Å². The summed E-state index contributed by atoms with van der Waals surface area (Å²) in [6.07, 6.45) is 18.4. The molecule has 0 rings (SSSR count). The molecule has 0 aliphatic rings. The van der Waals surface area contributed by atoms with Gasteiger partial charge in [-0.2, -0.15) is 0 Å². The van der Waals surface area contributed by atoms with E-state index in [0.717, 1.165) is 38.5 Å². The number of allylic oxidation sites excluding steroid dienone is 1. The number of hydrogen-bond donors (Lipinski definition) is 2. The minimum absolute atomic E-state index is 0.149. The van der Waals surface area contributed by atoms with Crippen molar-refractivity contribution in [1.82, 2.24) is 5.32 Å². The predicted molar refractivity (Wildman–Crippen MR) is 94.9 cm³/mol. The van der Waals surface area contributed by atoms with E-state index in [-0.39, 0.29) is 12.0 Å². The fraction of sp³-hybridized carbons (Fsp3) is 0.842. The highest BCUT2D eigenvalue weighted by molar-refractivity contribution is 5.75.